The highest BCUT2D eigenvalue weighted by Crippen LogP contribution is 1.98. The van der Waals surface area contributed by atoms with Gasteiger partial charge in [-0.1, -0.05) is 6.92 Å². The average molecular weight is 216 g/mol. The van der Waals surface area contributed by atoms with E-state index in [0.717, 1.165) is 52.2 Å². The highest BCUT2D eigenvalue weighted by atomic mass is 16.5. The molecule has 15 heavy (non-hydrogen) atoms. The fraction of sp³-hybridized carbons (Fsp3) is 1.00. The molecule has 0 amide bonds. The molecule has 0 aromatic heterocycles. The number of morpholine rings is 1. The highest BCUT2D eigenvalue weighted by Gasteiger charge is 2.10. The van der Waals surface area contributed by atoms with Gasteiger partial charge >= 0.3 is 0 Å². The quantitative estimate of drug-likeness (QED) is 0.632. The molecule has 1 saturated heterocycles. The fourth-order valence-corrected chi connectivity index (χ4v) is 1.86. The molecule has 2 N–H and O–H groups in total. The maximum atomic E-state index is 8.85. The summed E-state index contributed by atoms with van der Waals surface area (Å²) in [5.41, 5.74) is 0. The molecule has 1 unspecified atom stereocenters. The van der Waals surface area contributed by atoms with E-state index in [2.05, 4.69) is 17.1 Å². The number of aliphatic hydroxyl groups excluding tert-OH is 1. The summed E-state index contributed by atoms with van der Waals surface area (Å²) >= 11 is 0. The summed E-state index contributed by atoms with van der Waals surface area (Å²) < 4.78 is 5.29. The topological polar surface area (TPSA) is 44.7 Å². The predicted octanol–water partition coefficient (Wildman–Crippen LogP) is 0.0692. The van der Waals surface area contributed by atoms with Gasteiger partial charge in [0.05, 0.1) is 13.2 Å². The Morgan fingerprint density at radius 2 is 2.13 bits per heavy atom. The minimum absolute atomic E-state index is 0.281. The molecule has 0 aromatic rings. The molecule has 0 saturated carbocycles. The largest absolute Gasteiger partial charge is 0.396 e. The van der Waals surface area contributed by atoms with Gasteiger partial charge < -0.3 is 15.2 Å². The van der Waals surface area contributed by atoms with Crippen LogP contribution in [0.3, 0.4) is 0 Å². The Morgan fingerprint density at radius 3 is 2.73 bits per heavy atom. The van der Waals surface area contributed by atoms with Crippen molar-refractivity contribution in [3.05, 3.63) is 0 Å². The Hall–Kier alpha value is -0.160. The molecule has 4 heteroatoms. The Kier molecular flexibility index (Phi) is 6.92. The second kappa shape index (κ2) is 8.05. The van der Waals surface area contributed by atoms with Gasteiger partial charge in [-0.05, 0) is 12.8 Å². The van der Waals surface area contributed by atoms with E-state index in [1.54, 1.807) is 0 Å². The second-order valence-electron chi connectivity index (χ2n) is 4.03. The molecule has 1 heterocycles. The molecular formula is C11H24N2O2. The van der Waals surface area contributed by atoms with Crippen LogP contribution < -0.4 is 5.32 Å². The van der Waals surface area contributed by atoms with Crippen molar-refractivity contribution in [3.63, 3.8) is 0 Å². The van der Waals surface area contributed by atoms with Gasteiger partial charge in [-0.3, -0.25) is 4.90 Å². The smallest absolute Gasteiger partial charge is 0.0594 e. The van der Waals surface area contributed by atoms with Crippen molar-refractivity contribution in [1.82, 2.24) is 10.2 Å². The Labute approximate surface area is 92.6 Å². The van der Waals surface area contributed by atoms with E-state index in [9.17, 15) is 0 Å². The average Bonchev–Trinajstić information content (AvgIpc) is 2.29. The first kappa shape index (κ1) is 12.9. The first-order valence-electron chi connectivity index (χ1n) is 6.01. The third-order valence-corrected chi connectivity index (χ3v) is 2.94. The number of hydrogen-bond acceptors (Lipinski definition) is 4. The standard InChI is InChI=1S/C11H24N2O2/c1-2-11(3-8-14)12-4-5-13-6-9-15-10-7-13/h11-12,14H,2-10H2,1H3. The van der Waals surface area contributed by atoms with E-state index in [0.29, 0.717) is 6.04 Å². The number of nitrogens with zero attached hydrogens (tertiary/aromatic N) is 1. The van der Waals surface area contributed by atoms with Crippen molar-refractivity contribution in [3.8, 4) is 0 Å². The first-order chi connectivity index (χ1) is 7.36. The van der Waals surface area contributed by atoms with Gasteiger partial charge in [0.15, 0.2) is 0 Å². The lowest BCUT2D eigenvalue weighted by molar-refractivity contribution is 0.0380. The molecule has 1 atom stereocenters. The van der Waals surface area contributed by atoms with Crippen LogP contribution in [0.2, 0.25) is 0 Å². The zero-order chi connectivity index (χ0) is 10.9. The van der Waals surface area contributed by atoms with E-state index in [1.165, 1.54) is 0 Å². The van der Waals surface area contributed by atoms with Crippen LogP contribution in [0.25, 0.3) is 0 Å². The van der Waals surface area contributed by atoms with E-state index >= 15 is 0 Å². The van der Waals surface area contributed by atoms with Crippen molar-refractivity contribution < 1.29 is 9.84 Å². The second-order valence-corrected chi connectivity index (χ2v) is 4.03. The minimum atomic E-state index is 0.281. The summed E-state index contributed by atoms with van der Waals surface area (Å²) in [6.07, 6.45) is 1.95. The number of aliphatic hydroxyl groups is 1. The molecule has 1 rings (SSSR count). The Balaban J connectivity index is 2.03. The summed E-state index contributed by atoms with van der Waals surface area (Å²) in [6.45, 7) is 8.38. The summed E-state index contributed by atoms with van der Waals surface area (Å²) in [6, 6.07) is 0.469. The van der Waals surface area contributed by atoms with Gasteiger partial charge in [0.1, 0.15) is 0 Å². The van der Waals surface area contributed by atoms with Crippen LogP contribution in [-0.4, -0.2) is 62.0 Å². The normalized spacial score (nSPS) is 20.4. The molecule has 0 bridgehead atoms. The number of hydrogen-bond donors (Lipinski definition) is 2. The number of rotatable bonds is 7. The van der Waals surface area contributed by atoms with Crippen LogP contribution in [0, 0.1) is 0 Å². The molecule has 90 valence electrons. The van der Waals surface area contributed by atoms with Crippen molar-refractivity contribution in [1.29, 1.82) is 0 Å². The van der Waals surface area contributed by atoms with Crippen molar-refractivity contribution in [2.75, 3.05) is 46.0 Å². The molecule has 0 aromatic carbocycles. The van der Waals surface area contributed by atoms with Crippen LogP contribution in [0.5, 0.6) is 0 Å². The van der Waals surface area contributed by atoms with Crippen LogP contribution >= 0.6 is 0 Å². The van der Waals surface area contributed by atoms with Gasteiger partial charge in [-0.25, -0.2) is 0 Å². The molecule has 1 aliphatic rings. The van der Waals surface area contributed by atoms with Crippen LogP contribution in [0.4, 0.5) is 0 Å². The maximum absolute atomic E-state index is 8.85. The third-order valence-electron chi connectivity index (χ3n) is 2.94. The predicted molar refractivity (Wildman–Crippen MR) is 61.0 cm³/mol. The lowest BCUT2D eigenvalue weighted by Crippen LogP contribution is -2.42. The van der Waals surface area contributed by atoms with Gasteiger partial charge in [0.25, 0.3) is 0 Å². The zero-order valence-corrected chi connectivity index (χ0v) is 9.74. The van der Waals surface area contributed by atoms with Crippen LogP contribution in [0.1, 0.15) is 19.8 Å². The van der Waals surface area contributed by atoms with Crippen molar-refractivity contribution in [2.24, 2.45) is 0 Å². The Bertz CT molecular complexity index is 145. The lowest BCUT2D eigenvalue weighted by Gasteiger charge is -2.27. The SMILES string of the molecule is CCC(CCO)NCCN1CCOCC1. The van der Waals surface area contributed by atoms with Crippen molar-refractivity contribution >= 4 is 0 Å². The van der Waals surface area contributed by atoms with Crippen LogP contribution in [-0.2, 0) is 4.74 Å². The molecule has 1 aliphatic heterocycles. The lowest BCUT2D eigenvalue weighted by atomic mass is 10.1. The minimum Gasteiger partial charge on any atom is -0.396 e. The monoisotopic (exact) mass is 216 g/mol. The summed E-state index contributed by atoms with van der Waals surface area (Å²) in [5, 5.41) is 12.3. The van der Waals surface area contributed by atoms with Crippen molar-refractivity contribution in [2.45, 2.75) is 25.8 Å². The fourth-order valence-electron chi connectivity index (χ4n) is 1.86. The molecule has 0 radical (unpaired) electrons. The zero-order valence-electron chi connectivity index (χ0n) is 9.74. The van der Waals surface area contributed by atoms with E-state index in [1.807, 2.05) is 0 Å². The Morgan fingerprint density at radius 1 is 1.40 bits per heavy atom. The third kappa shape index (κ3) is 5.47. The van der Waals surface area contributed by atoms with Gasteiger partial charge in [-0.15, -0.1) is 0 Å². The first-order valence-corrected chi connectivity index (χ1v) is 6.01. The summed E-state index contributed by atoms with van der Waals surface area (Å²) in [5.74, 6) is 0. The van der Waals surface area contributed by atoms with E-state index in [-0.39, 0.29) is 6.61 Å². The number of ether oxygens (including phenoxy) is 1. The summed E-state index contributed by atoms with van der Waals surface area (Å²) in [4.78, 5) is 2.42. The maximum Gasteiger partial charge on any atom is 0.0594 e. The summed E-state index contributed by atoms with van der Waals surface area (Å²) in [7, 11) is 0. The van der Waals surface area contributed by atoms with E-state index in [4.69, 9.17) is 9.84 Å². The van der Waals surface area contributed by atoms with E-state index < -0.39 is 0 Å². The van der Waals surface area contributed by atoms with Gasteiger partial charge in [0, 0.05) is 38.8 Å². The molecule has 0 aliphatic carbocycles. The van der Waals surface area contributed by atoms with Gasteiger partial charge in [-0.2, -0.15) is 0 Å². The molecular weight excluding hydrogens is 192 g/mol. The number of nitrogens with one attached hydrogen (secondary N) is 1. The highest BCUT2D eigenvalue weighted by molar-refractivity contribution is 4.68. The van der Waals surface area contributed by atoms with Gasteiger partial charge in [0.2, 0.25) is 0 Å². The molecule has 0 spiro atoms. The van der Waals surface area contributed by atoms with Crippen LogP contribution in [0.15, 0.2) is 0 Å². The molecule has 4 nitrogen and oxygen atoms in total. The molecule has 1 fully saturated rings.